The predicted molar refractivity (Wildman–Crippen MR) is 78.6 cm³/mol. The Morgan fingerprint density at radius 1 is 1.10 bits per heavy atom. The minimum atomic E-state index is -4.32. The lowest BCUT2D eigenvalue weighted by Crippen LogP contribution is -1.88. The van der Waals surface area contributed by atoms with Crippen molar-refractivity contribution in [3.8, 4) is 0 Å². The molecule has 20 heavy (non-hydrogen) atoms. The molecule has 0 saturated heterocycles. The second kappa shape index (κ2) is 4.84. The van der Waals surface area contributed by atoms with Crippen LogP contribution in [-0.2, 0) is 4.57 Å². The third kappa shape index (κ3) is 2.37. The molecule has 2 N–H and O–H groups in total. The van der Waals surface area contributed by atoms with E-state index in [9.17, 15) is 14.4 Å². The van der Waals surface area contributed by atoms with Gasteiger partial charge in [0.05, 0.1) is 5.31 Å². The van der Waals surface area contributed by atoms with Crippen LogP contribution in [0.15, 0.2) is 54.1 Å². The van der Waals surface area contributed by atoms with Gasteiger partial charge in [0, 0.05) is 12.4 Å². The van der Waals surface area contributed by atoms with Crippen LogP contribution in [0.3, 0.4) is 0 Å². The highest BCUT2D eigenvalue weighted by Crippen LogP contribution is 2.56. The zero-order valence-corrected chi connectivity index (χ0v) is 11.4. The normalized spacial score (nSPS) is 16.1. The van der Waals surface area contributed by atoms with Crippen LogP contribution in [0.5, 0.6) is 0 Å². The number of nitrogens with zero attached hydrogens (tertiary/aromatic N) is 1. The van der Waals surface area contributed by atoms with Gasteiger partial charge in [0.2, 0.25) is 0 Å². The molecule has 1 aliphatic carbocycles. The van der Waals surface area contributed by atoms with Crippen LogP contribution < -0.4 is 0 Å². The van der Waals surface area contributed by atoms with E-state index in [1.165, 1.54) is 0 Å². The lowest BCUT2D eigenvalue weighted by molar-refractivity contribution is 0.384. The van der Waals surface area contributed by atoms with Gasteiger partial charge in [-0.3, -0.25) is 9.55 Å². The Bertz CT molecular complexity index is 760. The van der Waals surface area contributed by atoms with Crippen LogP contribution in [0.4, 0.5) is 0 Å². The Labute approximate surface area is 116 Å². The second-order valence-electron chi connectivity index (χ2n) is 4.51. The first-order valence-electron chi connectivity index (χ1n) is 6.05. The highest BCUT2D eigenvalue weighted by Gasteiger charge is 2.30. The summed E-state index contributed by atoms with van der Waals surface area (Å²) in [5, 5.41) is 0.0579. The second-order valence-corrected chi connectivity index (χ2v) is 6.08. The van der Waals surface area contributed by atoms with Gasteiger partial charge in [0.15, 0.2) is 0 Å². The Kier molecular flexibility index (Phi) is 3.14. The van der Waals surface area contributed by atoms with E-state index in [-0.39, 0.29) is 5.31 Å². The van der Waals surface area contributed by atoms with Crippen molar-refractivity contribution < 1.29 is 14.4 Å². The molecule has 1 aromatic carbocycles. The maximum atomic E-state index is 11.7. The fraction of sp³-hybridized carbons (Fsp3) is 0. The lowest BCUT2D eigenvalue weighted by atomic mass is 10.0. The molecular weight excluding hydrogens is 273 g/mol. The minimum absolute atomic E-state index is 0.0579. The predicted octanol–water partition coefficient (Wildman–Crippen LogP) is 3.15. The van der Waals surface area contributed by atoms with Crippen molar-refractivity contribution >= 4 is 25.3 Å². The molecule has 3 rings (SSSR count). The van der Waals surface area contributed by atoms with Crippen LogP contribution in [0, 0.1) is 0 Å². The average Bonchev–Trinajstić information content (AvgIpc) is 2.79. The van der Waals surface area contributed by atoms with Crippen molar-refractivity contribution in [1.82, 2.24) is 4.98 Å². The van der Waals surface area contributed by atoms with Gasteiger partial charge in [-0.05, 0) is 40.5 Å². The van der Waals surface area contributed by atoms with Gasteiger partial charge in [-0.15, -0.1) is 0 Å². The molecule has 0 atom stereocenters. The maximum absolute atomic E-state index is 11.7. The summed E-state index contributed by atoms with van der Waals surface area (Å²) in [6.45, 7) is 0. The van der Waals surface area contributed by atoms with Crippen LogP contribution in [-0.4, -0.2) is 14.8 Å². The standard InChI is InChI=1S/C15H12NO3P/c17-20(18,19)15-9-12-5-1-2-6-13(12)14(15)8-11-4-3-7-16-10-11/h1-10H,(H2,17,18,19). The van der Waals surface area contributed by atoms with E-state index in [1.54, 1.807) is 30.6 Å². The van der Waals surface area contributed by atoms with Gasteiger partial charge >= 0.3 is 7.60 Å². The van der Waals surface area contributed by atoms with Gasteiger partial charge in [-0.2, -0.15) is 0 Å². The van der Waals surface area contributed by atoms with E-state index in [0.29, 0.717) is 5.57 Å². The van der Waals surface area contributed by atoms with Crippen molar-refractivity contribution in [3.05, 3.63) is 70.8 Å². The summed E-state index contributed by atoms with van der Waals surface area (Å²) in [4.78, 5) is 23.1. The maximum Gasteiger partial charge on any atom is 0.356 e. The van der Waals surface area contributed by atoms with Crippen molar-refractivity contribution in [1.29, 1.82) is 0 Å². The van der Waals surface area contributed by atoms with Crippen molar-refractivity contribution in [3.63, 3.8) is 0 Å². The number of rotatable bonds is 2. The first kappa shape index (κ1) is 13.0. The number of hydrogen-bond acceptors (Lipinski definition) is 2. The summed E-state index contributed by atoms with van der Waals surface area (Å²) in [6.07, 6.45) is 6.62. The fourth-order valence-electron chi connectivity index (χ4n) is 2.25. The molecule has 4 nitrogen and oxygen atoms in total. The van der Waals surface area contributed by atoms with Gasteiger partial charge in [0.1, 0.15) is 0 Å². The quantitative estimate of drug-likeness (QED) is 0.831. The third-order valence-electron chi connectivity index (χ3n) is 3.13. The zero-order valence-electron chi connectivity index (χ0n) is 10.5. The third-order valence-corrected chi connectivity index (χ3v) is 4.13. The van der Waals surface area contributed by atoms with Crippen LogP contribution in [0.1, 0.15) is 16.7 Å². The largest absolute Gasteiger partial charge is 0.356 e. The number of hydrogen-bond donors (Lipinski definition) is 2. The highest BCUT2D eigenvalue weighted by molar-refractivity contribution is 7.57. The van der Waals surface area contributed by atoms with E-state index in [2.05, 4.69) is 4.98 Å². The van der Waals surface area contributed by atoms with Crippen LogP contribution in [0.2, 0.25) is 0 Å². The first-order chi connectivity index (χ1) is 9.55. The smallest absolute Gasteiger partial charge is 0.321 e. The molecule has 2 aromatic rings. The molecule has 0 spiro atoms. The van der Waals surface area contributed by atoms with Gasteiger partial charge in [-0.25, -0.2) is 0 Å². The van der Waals surface area contributed by atoms with Gasteiger partial charge in [-0.1, -0.05) is 30.3 Å². The molecule has 0 bridgehead atoms. The van der Waals surface area contributed by atoms with E-state index >= 15 is 0 Å². The summed E-state index contributed by atoms with van der Waals surface area (Å²) < 4.78 is 11.7. The van der Waals surface area contributed by atoms with Crippen molar-refractivity contribution in [2.75, 3.05) is 0 Å². The molecule has 1 heterocycles. The Hall–Kier alpha value is -2.00. The summed E-state index contributed by atoms with van der Waals surface area (Å²) in [6, 6.07) is 11.0. The Morgan fingerprint density at radius 3 is 2.60 bits per heavy atom. The molecule has 0 saturated carbocycles. The molecule has 100 valence electrons. The molecule has 1 aromatic heterocycles. The molecule has 0 unspecified atom stereocenters. The van der Waals surface area contributed by atoms with E-state index in [0.717, 1.165) is 16.7 Å². The monoisotopic (exact) mass is 285 g/mol. The number of benzene rings is 1. The SMILES string of the molecule is O=P(O)(O)C1=Cc2ccccc2C1=Cc1cccnc1. The van der Waals surface area contributed by atoms with Crippen LogP contribution in [0.25, 0.3) is 17.7 Å². The summed E-state index contributed by atoms with van der Waals surface area (Å²) in [7, 11) is -4.32. The summed E-state index contributed by atoms with van der Waals surface area (Å²) in [5.74, 6) is 0. The molecular formula is C15H12NO3P. The van der Waals surface area contributed by atoms with Crippen molar-refractivity contribution in [2.45, 2.75) is 0 Å². The summed E-state index contributed by atoms with van der Waals surface area (Å²) >= 11 is 0. The number of pyridine rings is 1. The molecule has 1 aliphatic rings. The highest BCUT2D eigenvalue weighted by atomic mass is 31.2. The van der Waals surface area contributed by atoms with Crippen molar-refractivity contribution in [2.24, 2.45) is 0 Å². The zero-order chi connectivity index (χ0) is 14.2. The molecule has 0 amide bonds. The molecule has 5 heteroatoms. The van der Waals surface area contributed by atoms with E-state index in [4.69, 9.17) is 0 Å². The lowest BCUT2D eigenvalue weighted by Gasteiger charge is -2.09. The Morgan fingerprint density at radius 2 is 1.90 bits per heavy atom. The number of aromatic nitrogens is 1. The fourth-order valence-corrected chi connectivity index (χ4v) is 3.06. The van der Waals surface area contributed by atoms with Crippen LogP contribution >= 0.6 is 7.60 Å². The minimum Gasteiger partial charge on any atom is -0.321 e. The number of fused-ring (bicyclic) bond motifs is 1. The first-order valence-corrected chi connectivity index (χ1v) is 7.66. The molecule has 0 aliphatic heterocycles. The van der Waals surface area contributed by atoms with Gasteiger partial charge < -0.3 is 9.79 Å². The molecule has 0 radical (unpaired) electrons. The average molecular weight is 285 g/mol. The Balaban J connectivity index is 2.19. The van der Waals surface area contributed by atoms with E-state index < -0.39 is 7.60 Å². The van der Waals surface area contributed by atoms with E-state index in [1.807, 2.05) is 30.3 Å². The summed E-state index contributed by atoms with van der Waals surface area (Å²) in [5.41, 5.74) is 3.01. The number of allylic oxidation sites excluding steroid dienone is 2. The molecule has 0 fully saturated rings. The van der Waals surface area contributed by atoms with Gasteiger partial charge in [0.25, 0.3) is 0 Å². The topological polar surface area (TPSA) is 70.4 Å².